The zero-order valence-corrected chi connectivity index (χ0v) is 59.2. The summed E-state index contributed by atoms with van der Waals surface area (Å²) in [5, 5.41) is 24.8. The van der Waals surface area contributed by atoms with Gasteiger partial charge in [0.25, 0.3) is 11.8 Å². The monoisotopic (exact) mass is 1430 g/mol. The first-order valence-electron chi connectivity index (χ1n) is 36.0. The van der Waals surface area contributed by atoms with E-state index in [2.05, 4.69) is 46.7 Å². The Morgan fingerprint density at radius 1 is 0.696 bits per heavy atom. The molecule has 2 unspecified atom stereocenters. The summed E-state index contributed by atoms with van der Waals surface area (Å²) in [5.74, 6) is -6.35. The number of hydrogen-bond acceptors (Lipinski definition) is 24. The number of imide groups is 1. The molecular weight excluding hydrogens is 1330 g/mol. The van der Waals surface area contributed by atoms with Gasteiger partial charge in [0.15, 0.2) is 5.79 Å². The largest absolute Gasteiger partial charge is 0.445 e. The summed E-state index contributed by atoms with van der Waals surface area (Å²) in [5.41, 5.74) is 2.84. The lowest BCUT2D eigenvalue weighted by atomic mass is 9.81. The minimum atomic E-state index is -1.34. The van der Waals surface area contributed by atoms with Crippen LogP contribution in [0.1, 0.15) is 155 Å². The van der Waals surface area contributed by atoms with Crippen molar-refractivity contribution in [2.24, 2.45) is 11.8 Å². The number of amides is 7. The lowest BCUT2D eigenvalue weighted by molar-refractivity contribution is -0.277. The molecule has 0 radical (unpaired) electrons. The first-order valence-corrected chi connectivity index (χ1v) is 36.0. The Morgan fingerprint density at radius 2 is 1.39 bits per heavy atom. The number of carbonyl (C=O) groups excluding carboxylic acids is 10. The number of fused-ring (bicyclic) bond motifs is 9. The van der Waals surface area contributed by atoms with Gasteiger partial charge in [0.05, 0.1) is 112 Å². The highest BCUT2D eigenvalue weighted by Crippen LogP contribution is 2.50. The quantitative estimate of drug-likeness (QED) is 0.0413. The van der Waals surface area contributed by atoms with Gasteiger partial charge < -0.3 is 93.4 Å². The Labute approximate surface area is 593 Å². The SMILES string of the molecule is C=C1C[C@@H]2CC[C@]34C[C@@H](OC)[C@@H](O3)C3C[C@@H](O4)[C@H]4O[C@H](CC[C@@H]4O3)CC(=O)C[C@H]3C(C[C@H]4O[C@@H](CC[C@@H]1O2)C[C@@H](C)C4=C)O[C@H](C[C@H](O)CNC(=O)OCc1ccc(NC(=O)[C@H](CC(C)=O)NC(=O)[C@H](C)NC(=O)[C@H](C)NC(=O)CCOCCOCCC(=O)ON2C(=O)CCC2=O)cc1)[C@@H]3OC. The van der Waals surface area contributed by atoms with Gasteiger partial charge in [0.2, 0.25) is 23.6 Å². The van der Waals surface area contributed by atoms with Crippen molar-refractivity contribution in [3.63, 3.8) is 0 Å². The molecule has 564 valence electrons. The Balaban J connectivity index is 0.664. The van der Waals surface area contributed by atoms with Crippen molar-refractivity contribution < 1.29 is 115 Å². The number of nitrogens with one attached hydrogen (secondary N) is 5. The topological polar surface area (TPSA) is 374 Å². The van der Waals surface area contributed by atoms with Gasteiger partial charge in [-0.15, -0.1) is 5.06 Å². The summed E-state index contributed by atoms with van der Waals surface area (Å²) in [6.07, 6.45) is 0.408. The Hall–Kier alpha value is -6.68. The van der Waals surface area contributed by atoms with E-state index < -0.39 is 114 Å². The van der Waals surface area contributed by atoms with Gasteiger partial charge in [-0.3, -0.25) is 38.4 Å². The molecule has 10 bridgehead atoms. The number of ether oxygens (including phenoxy) is 12. The summed E-state index contributed by atoms with van der Waals surface area (Å²) in [4.78, 5) is 132. The third-order valence-corrected chi connectivity index (χ3v) is 20.8. The van der Waals surface area contributed by atoms with Crippen molar-refractivity contribution in [2.75, 3.05) is 52.5 Å². The van der Waals surface area contributed by atoms with Crippen LogP contribution in [-0.4, -0.2) is 232 Å². The maximum Gasteiger partial charge on any atom is 0.407 e. The average Bonchev–Trinajstić information content (AvgIpc) is 1.57. The lowest BCUT2D eigenvalue weighted by Crippen LogP contribution is -2.58. The van der Waals surface area contributed by atoms with Crippen LogP contribution in [0.2, 0.25) is 0 Å². The number of nitrogens with zero attached hydrogens (tertiary/aromatic N) is 1. The molecule has 1 aromatic carbocycles. The first-order chi connectivity index (χ1) is 48.8. The maximum atomic E-state index is 14.5. The number of carbonyl (C=O) groups is 10. The van der Waals surface area contributed by atoms with Gasteiger partial charge in [-0.05, 0) is 100 Å². The van der Waals surface area contributed by atoms with Gasteiger partial charge in [0.1, 0.15) is 48.5 Å². The second kappa shape index (κ2) is 35.9. The molecule has 0 saturated carbocycles. The van der Waals surface area contributed by atoms with Crippen LogP contribution in [-0.2, 0) is 111 Å². The number of hydrogen-bond donors (Lipinski definition) is 6. The molecule has 30 heteroatoms. The molecule has 0 aromatic heterocycles. The Kier molecular flexibility index (Phi) is 27.4. The molecule has 9 saturated heterocycles. The molecule has 30 nitrogen and oxygen atoms in total. The average molecular weight is 1440 g/mol. The number of alkyl carbamates (subject to hydrolysis) is 1. The number of methoxy groups -OCH3 is 2. The zero-order chi connectivity index (χ0) is 72.9. The van der Waals surface area contributed by atoms with Crippen LogP contribution in [0.25, 0.3) is 0 Å². The number of hydroxylamine groups is 2. The summed E-state index contributed by atoms with van der Waals surface area (Å²) in [7, 11) is 3.28. The molecule has 6 N–H and O–H groups in total. The highest BCUT2D eigenvalue weighted by Gasteiger charge is 2.60. The number of aliphatic hydroxyl groups is 1. The van der Waals surface area contributed by atoms with Crippen LogP contribution in [0.5, 0.6) is 0 Å². The van der Waals surface area contributed by atoms with E-state index in [1.54, 1.807) is 26.4 Å². The van der Waals surface area contributed by atoms with Crippen LogP contribution >= 0.6 is 0 Å². The summed E-state index contributed by atoms with van der Waals surface area (Å²) in [6, 6.07) is 2.63. The van der Waals surface area contributed by atoms with Gasteiger partial charge in [0, 0.05) is 103 Å². The van der Waals surface area contributed by atoms with Crippen molar-refractivity contribution >= 4 is 64.8 Å². The van der Waals surface area contributed by atoms with Crippen LogP contribution in [0.4, 0.5) is 10.5 Å². The Morgan fingerprint density at radius 3 is 2.12 bits per heavy atom. The predicted octanol–water partition coefficient (Wildman–Crippen LogP) is 3.88. The van der Waals surface area contributed by atoms with E-state index in [-0.39, 0.29) is 169 Å². The van der Waals surface area contributed by atoms with Crippen LogP contribution in [0.15, 0.2) is 48.6 Å². The molecule has 9 aliphatic heterocycles. The smallest absolute Gasteiger partial charge is 0.407 e. The van der Waals surface area contributed by atoms with Crippen molar-refractivity contribution in [2.45, 2.75) is 272 Å². The molecule has 1 aromatic rings. The van der Waals surface area contributed by atoms with Crippen molar-refractivity contribution in [1.82, 2.24) is 26.3 Å². The van der Waals surface area contributed by atoms with Gasteiger partial charge in [-0.25, -0.2) is 9.59 Å². The third-order valence-electron chi connectivity index (χ3n) is 20.8. The number of benzene rings is 1. The Bertz CT molecular complexity index is 3180. The van der Waals surface area contributed by atoms with E-state index >= 15 is 0 Å². The zero-order valence-electron chi connectivity index (χ0n) is 59.2. The number of Topliss-reactive ketones (excluding diaryl/α,β-unsaturated/α-hetero) is 2. The summed E-state index contributed by atoms with van der Waals surface area (Å²) in [6.45, 7) is 14.8. The number of aliphatic hydroxyl groups excluding tert-OH is 1. The molecule has 0 aliphatic carbocycles. The predicted molar refractivity (Wildman–Crippen MR) is 358 cm³/mol. The normalized spacial score (nSPS) is 32.8. The van der Waals surface area contributed by atoms with Gasteiger partial charge >= 0.3 is 12.1 Å². The van der Waals surface area contributed by atoms with Crippen LogP contribution in [0.3, 0.4) is 0 Å². The van der Waals surface area contributed by atoms with Gasteiger partial charge in [-0.1, -0.05) is 32.2 Å². The molecular formula is C72H102N6O24. The van der Waals surface area contributed by atoms with E-state index in [1.165, 1.54) is 32.9 Å². The van der Waals surface area contributed by atoms with Gasteiger partial charge in [-0.2, -0.15) is 0 Å². The molecule has 102 heavy (non-hydrogen) atoms. The standard InChI is InChI=1S/C72H102N6O24/c1-38-27-48-13-15-53-39(2)28-50(95-53)19-22-72-35-60(90-7)67(101-72)58-34-59(100-72)66-54(98-58)16-14-49(97-66)30-46(80)31-51-56(33-55(96-48)41(38)4)99-57(65(51)91-8)32-47(81)36-73-71(89)94-37-44-9-11-45(12-10-44)76-70(88)52(29-40(3)79)77-69(87)43(6)75-68(86)42(5)74-61(82)20-23-92-25-26-93-24-21-64(85)102-78-62(83)17-18-63(78)84/h9-12,38,42-43,47-60,65-67,81H,2,4,13-37H2,1,3,5-8H3,(H,73,89)(H,74,82)(H,75,86)(H,76,88)(H,77,87)/t38-,42+,43+,47+,48+,49-,50+,51+,52+,53+,54+,55-,56?,57-,58?,59-,60-,65-,66+,67+,72-/m1/s1. The van der Waals surface area contributed by atoms with E-state index in [0.29, 0.717) is 49.2 Å². The number of rotatable bonds is 27. The number of anilines is 1. The van der Waals surface area contributed by atoms with Crippen molar-refractivity contribution in [3.8, 4) is 0 Å². The minimum Gasteiger partial charge on any atom is -0.445 e. The fourth-order valence-electron chi connectivity index (χ4n) is 15.4. The van der Waals surface area contributed by atoms with Crippen molar-refractivity contribution in [3.05, 3.63) is 54.1 Å². The summed E-state index contributed by atoms with van der Waals surface area (Å²) < 4.78 is 76.4. The molecule has 7 amide bonds. The second-order valence-electron chi connectivity index (χ2n) is 28.6. The highest BCUT2D eigenvalue weighted by molar-refractivity contribution is 6.02. The fraction of sp³-hybridized carbons (Fsp3) is 0.722. The fourth-order valence-corrected chi connectivity index (χ4v) is 15.4. The molecule has 10 rings (SSSR count). The van der Waals surface area contributed by atoms with E-state index in [9.17, 15) is 53.1 Å². The molecule has 21 atom stereocenters. The lowest BCUT2D eigenvalue weighted by Gasteiger charge is -2.47. The maximum absolute atomic E-state index is 14.5. The molecule has 9 fully saturated rings. The molecule has 1 spiro atoms. The van der Waals surface area contributed by atoms with E-state index in [1.807, 2.05) is 0 Å². The highest BCUT2D eigenvalue weighted by atomic mass is 16.7. The van der Waals surface area contributed by atoms with E-state index in [4.69, 9.17) is 61.7 Å². The molecule has 9 heterocycles. The van der Waals surface area contributed by atoms with E-state index in [0.717, 1.165) is 43.3 Å². The van der Waals surface area contributed by atoms with Crippen LogP contribution < -0.4 is 26.6 Å². The van der Waals surface area contributed by atoms with Crippen LogP contribution in [0, 0.1) is 11.8 Å². The number of ketones is 2. The minimum absolute atomic E-state index is 0.00879. The second-order valence-corrected chi connectivity index (χ2v) is 28.6. The summed E-state index contributed by atoms with van der Waals surface area (Å²) >= 11 is 0. The molecule has 9 aliphatic rings. The first kappa shape index (κ1) is 77.9. The third kappa shape index (κ3) is 20.6. The van der Waals surface area contributed by atoms with Crippen molar-refractivity contribution in [1.29, 1.82) is 0 Å².